The summed E-state index contributed by atoms with van der Waals surface area (Å²) in [5, 5.41) is 0. The number of rotatable bonds is 3. The van der Waals surface area contributed by atoms with E-state index in [2.05, 4.69) is 81.7 Å². The van der Waals surface area contributed by atoms with Gasteiger partial charge in [0, 0.05) is 17.1 Å². The molecule has 156 valence electrons. The molecule has 5 rings (SSSR count). The molecule has 0 bridgehead atoms. The third kappa shape index (κ3) is 3.12. The van der Waals surface area contributed by atoms with Crippen molar-refractivity contribution < 1.29 is 0 Å². The first-order chi connectivity index (χ1) is 14.9. The Morgan fingerprint density at radius 3 is 2.42 bits per heavy atom. The van der Waals surface area contributed by atoms with E-state index in [1.54, 1.807) is 4.40 Å². The summed E-state index contributed by atoms with van der Waals surface area (Å²) in [5.41, 5.74) is 9.95. The average molecular weight is 428 g/mol. The van der Waals surface area contributed by atoms with Gasteiger partial charge in [-0.15, -0.1) is 0 Å². The van der Waals surface area contributed by atoms with Crippen LogP contribution in [0.4, 0.5) is 0 Å². The molecule has 4 nitrogen and oxygen atoms in total. The van der Waals surface area contributed by atoms with Crippen LogP contribution in [0.3, 0.4) is 0 Å². The highest BCUT2D eigenvalue weighted by Gasteiger charge is 2.14. The summed E-state index contributed by atoms with van der Waals surface area (Å²) >= 11 is 1.46. The molecule has 31 heavy (non-hydrogen) atoms. The van der Waals surface area contributed by atoms with E-state index in [-0.39, 0.29) is 5.56 Å². The van der Waals surface area contributed by atoms with E-state index >= 15 is 0 Å². The van der Waals surface area contributed by atoms with Gasteiger partial charge < -0.3 is 4.57 Å². The first kappa shape index (κ1) is 19.8. The predicted molar refractivity (Wildman–Crippen MR) is 130 cm³/mol. The summed E-state index contributed by atoms with van der Waals surface area (Å²) in [7, 11) is 0. The van der Waals surface area contributed by atoms with Crippen molar-refractivity contribution in [3.8, 4) is 5.69 Å². The van der Waals surface area contributed by atoms with E-state index in [0.29, 0.717) is 4.53 Å². The van der Waals surface area contributed by atoms with Crippen LogP contribution in [0.2, 0.25) is 0 Å². The van der Waals surface area contributed by atoms with E-state index in [1.165, 1.54) is 28.0 Å². The van der Waals surface area contributed by atoms with Crippen molar-refractivity contribution in [2.24, 2.45) is 0 Å². The lowest BCUT2D eigenvalue weighted by atomic mass is 10.1. The predicted octanol–water partition coefficient (Wildman–Crippen LogP) is 5.04. The molecule has 0 aliphatic rings. The number of hydrogen-bond donors (Lipinski definition) is 0. The van der Waals surface area contributed by atoms with Crippen LogP contribution in [-0.2, 0) is 6.42 Å². The van der Waals surface area contributed by atoms with Crippen LogP contribution in [0.5, 0.6) is 0 Å². The summed E-state index contributed by atoms with van der Waals surface area (Å²) < 4.78 is 4.71. The van der Waals surface area contributed by atoms with Crippen molar-refractivity contribution in [3.63, 3.8) is 0 Å². The number of hydrogen-bond acceptors (Lipinski definition) is 3. The third-order valence-corrected chi connectivity index (χ3v) is 7.18. The molecule has 0 N–H and O–H groups in total. The zero-order valence-electron chi connectivity index (χ0n) is 18.5. The van der Waals surface area contributed by atoms with Crippen LogP contribution in [0.1, 0.15) is 40.6 Å². The van der Waals surface area contributed by atoms with Gasteiger partial charge in [-0.3, -0.25) is 4.79 Å². The molecule has 0 spiro atoms. The molecule has 0 saturated carbocycles. The van der Waals surface area contributed by atoms with Crippen LogP contribution in [0.25, 0.3) is 27.8 Å². The number of aromatic nitrogens is 3. The lowest BCUT2D eigenvalue weighted by molar-refractivity contribution is 0.961. The zero-order valence-corrected chi connectivity index (χ0v) is 19.3. The highest BCUT2D eigenvalue weighted by Crippen LogP contribution is 2.23. The molecule has 0 aliphatic heterocycles. The summed E-state index contributed by atoms with van der Waals surface area (Å²) in [6.07, 6.45) is 3.04. The minimum Gasteiger partial charge on any atom is -0.318 e. The Bertz CT molecular complexity index is 1570. The highest BCUT2D eigenvalue weighted by atomic mass is 32.1. The first-order valence-corrected chi connectivity index (χ1v) is 11.4. The largest absolute Gasteiger partial charge is 0.318 e. The molecule has 5 heteroatoms. The van der Waals surface area contributed by atoms with Gasteiger partial charge in [-0.05, 0) is 92.8 Å². The van der Waals surface area contributed by atoms with Crippen molar-refractivity contribution in [2.45, 2.75) is 41.0 Å². The highest BCUT2D eigenvalue weighted by molar-refractivity contribution is 7.15. The van der Waals surface area contributed by atoms with Crippen molar-refractivity contribution in [1.29, 1.82) is 0 Å². The molecule has 3 heterocycles. The van der Waals surface area contributed by atoms with E-state index < -0.39 is 0 Å². The SMILES string of the molecule is CCc1ccc(-n2c(C)cc(/C=c3\sc4nc5cc(C)c(C)cc5n4c3=O)c2C)cc1. The van der Waals surface area contributed by atoms with Crippen molar-refractivity contribution in [3.05, 3.63) is 91.0 Å². The van der Waals surface area contributed by atoms with Crippen molar-refractivity contribution >= 4 is 33.4 Å². The number of aryl methyl sites for hydroxylation is 4. The zero-order chi connectivity index (χ0) is 21.9. The molecule has 0 fully saturated rings. The Labute approximate surface area is 185 Å². The molecule has 0 unspecified atom stereocenters. The molecule has 0 atom stereocenters. The lowest BCUT2D eigenvalue weighted by Gasteiger charge is -2.10. The number of imidazole rings is 1. The van der Waals surface area contributed by atoms with E-state index in [0.717, 1.165) is 45.1 Å². The molecule has 5 aromatic rings. The second-order valence-electron chi connectivity index (χ2n) is 8.25. The third-order valence-electron chi connectivity index (χ3n) is 6.21. The Morgan fingerprint density at radius 1 is 1.00 bits per heavy atom. The summed E-state index contributed by atoms with van der Waals surface area (Å²) in [4.78, 5) is 18.7. The van der Waals surface area contributed by atoms with Crippen LogP contribution >= 0.6 is 11.3 Å². The Balaban J connectivity index is 1.66. The summed E-state index contributed by atoms with van der Waals surface area (Å²) in [6.45, 7) is 10.5. The molecule has 2 aromatic carbocycles. The molecule has 3 aromatic heterocycles. The number of benzene rings is 2. The van der Waals surface area contributed by atoms with Crippen molar-refractivity contribution in [1.82, 2.24) is 14.0 Å². The van der Waals surface area contributed by atoms with E-state index in [4.69, 9.17) is 4.98 Å². The normalized spacial score (nSPS) is 12.5. The van der Waals surface area contributed by atoms with Gasteiger partial charge in [-0.25, -0.2) is 9.38 Å². The summed E-state index contributed by atoms with van der Waals surface area (Å²) in [6, 6.07) is 15.0. The van der Waals surface area contributed by atoms with Crippen LogP contribution in [-0.4, -0.2) is 14.0 Å². The van der Waals surface area contributed by atoms with Gasteiger partial charge in [0.05, 0.1) is 15.6 Å². The van der Waals surface area contributed by atoms with E-state index in [9.17, 15) is 4.79 Å². The second-order valence-corrected chi connectivity index (χ2v) is 9.26. The van der Waals surface area contributed by atoms with Crippen LogP contribution in [0.15, 0.2) is 47.3 Å². The average Bonchev–Trinajstić information content (AvgIpc) is 3.34. The maximum absolute atomic E-state index is 13.2. The number of thiazole rings is 1. The molecular formula is C26H25N3OS. The van der Waals surface area contributed by atoms with Gasteiger partial charge in [0.2, 0.25) is 0 Å². The number of nitrogens with zero attached hydrogens (tertiary/aromatic N) is 3. The smallest absolute Gasteiger partial charge is 0.274 e. The van der Waals surface area contributed by atoms with Gasteiger partial charge >= 0.3 is 0 Å². The summed E-state index contributed by atoms with van der Waals surface area (Å²) in [5.74, 6) is 0. The number of fused-ring (bicyclic) bond motifs is 3. The molecular weight excluding hydrogens is 402 g/mol. The van der Waals surface area contributed by atoms with Crippen LogP contribution in [0, 0.1) is 27.7 Å². The van der Waals surface area contributed by atoms with Crippen LogP contribution < -0.4 is 10.1 Å². The van der Waals surface area contributed by atoms with Gasteiger partial charge in [-0.1, -0.05) is 30.4 Å². The molecule has 0 amide bonds. The molecule has 0 aliphatic carbocycles. The van der Waals surface area contributed by atoms with Gasteiger partial charge in [0.15, 0.2) is 4.96 Å². The molecule has 0 saturated heterocycles. The fourth-order valence-electron chi connectivity index (χ4n) is 4.27. The quantitative estimate of drug-likeness (QED) is 0.404. The van der Waals surface area contributed by atoms with Gasteiger partial charge in [0.25, 0.3) is 5.56 Å². The minimum atomic E-state index is 0.00264. The topological polar surface area (TPSA) is 39.3 Å². The maximum Gasteiger partial charge on any atom is 0.274 e. The lowest BCUT2D eigenvalue weighted by Crippen LogP contribution is -2.22. The van der Waals surface area contributed by atoms with Gasteiger partial charge in [0.1, 0.15) is 0 Å². The minimum absolute atomic E-state index is 0.00264. The molecule has 0 radical (unpaired) electrons. The standard InChI is InChI=1S/C26H25N3OS/c1-6-19-7-9-21(10-8-19)28-17(4)13-20(18(28)5)14-24-25(30)29-23-12-16(3)15(2)11-22(23)27-26(29)31-24/h7-14H,6H2,1-5H3/b24-14-. The Morgan fingerprint density at radius 2 is 1.71 bits per heavy atom. The van der Waals surface area contributed by atoms with E-state index in [1.807, 2.05) is 6.08 Å². The Hall–Kier alpha value is -3.18. The fourth-order valence-corrected chi connectivity index (χ4v) is 5.25. The maximum atomic E-state index is 13.2. The van der Waals surface area contributed by atoms with Gasteiger partial charge in [-0.2, -0.15) is 0 Å². The van der Waals surface area contributed by atoms with Crippen molar-refractivity contribution in [2.75, 3.05) is 0 Å². The monoisotopic (exact) mass is 427 g/mol. The fraction of sp³-hybridized carbons (Fsp3) is 0.231. The Kier molecular flexibility index (Phi) is 4.59. The first-order valence-electron chi connectivity index (χ1n) is 10.6. The second kappa shape index (κ2) is 7.20.